The Labute approximate surface area is 110 Å². The molecule has 0 atom stereocenters. The molecule has 3 nitrogen and oxygen atoms in total. The molecule has 0 radical (unpaired) electrons. The van der Waals surface area contributed by atoms with Gasteiger partial charge in [-0.25, -0.2) is 17.6 Å². The largest absolute Gasteiger partial charge is 0.469 e. The van der Waals surface area contributed by atoms with Crippen LogP contribution in [-0.2, 0) is 0 Å². The fourth-order valence-corrected chi connectivity index (χ4v) is 1.15. The maximum atomic E-state index is 13.3. The van der Waals surface area contributed by atoms with E-state index in [0.717, 1.165) is 0 Å². The van der Waals surface area contributed by atoms with Gasteiger partial charge in [0.05, 0.1) is 0 Å². The Morgan fingerprint density at radius 1 is 1.30 bits per heavy atom. The molecule has 9 heteroatoms. The number of anilines is 1. The standard InChI is InChI=1S/C11H12F6N2O/c1-2-3-18-8-6(12)4-7(13)9(19-8)20-5-11(16,17)10(14)15/h4,10H,2-3,5H2,1H3,(H,18,19). The molecule has 20 heavy (non-hydrogen) atoms. The van der Waals surface area contributed by atoms with Crippen molar-refractivity contribution in [3.05, 3.63) is 17.7 Å². The summed E-state index contributed by atoms with van der Waals surface area (Å²) >= 11 is 0. The zero-order valence-electron chi connectivity index (χ0n) is 10.4. The highest BCUT2D eigenvalue weighted by molar-refractivity contribution is 5.39. The summed E-state index contributed by atoms with van der Waals surface area (Å²) < 4.78 is 79.8. The van der Waals surface area contributed by atoms with E-state index in [1.807, 2.05) is 0 Å². The van der Waals surface area contributed by atoms with Gasteiger partial charge in [0.15, 0.2) is 24.1 Å². The molecule has 1 aromatic heterocycles. The smallest absolute Gasteiger partial charge is 0.340 e. The van der Waals surface area contributed by atoms with E-state index in [0.29, 0.717) is 19.0 Å². The van der Waals surface area contributed by atoms with Crippen molar-refractivity contribution in [2.75, 3.05) is 18.5 Å². The minimum atomic E-state index is -4.44. The average Bonchev–Trinajstić information content (AvgIpc) is 2.36. The Hall–Kier alpha value is -1.67. The molecule has 0 spiro atoms. The van der Waals surface area contributed by atoms with Crippen LogP contribution in [0.4, 0.5) is 32.2 Å². The van der Waals surface area contributed by atoms with Gasteiger partial charge in [-0.05, 0) is 6.42 Å². The maximum absolute atomic E-state index is 13.3. The lowest BCUT2D eigenvalue weighted by molar-refractivity contribution is -0.149. The summed E-state index contributed by atoms with van der Waals surface area (Å²) in [6.45, 7) is 0.324. The predicted octanol–water partition coefficient (Wildman–Crippen LogP) is 3.46. The van der Waals surface area contributed by atoms with Gasteiger partial charge in [0.25, 0.3) is 5.88 Å². The van der Waals surface area contributed by atoms with Crippen LogP contribution in [0, 0.1) is 11.6 Å². The molecular weight excluding hydrogens is 290 g/mol. The molecule has 0 aliphatic carbocycles. The molecule has 0 saturated heterocycles. The second-order valence-corrected chi connectivity index (χ2v) is 3.88. The Morgan fingerprint density at radius 3 is 2.50 bits per heavy atom. The number of ether oxygens (including phenoxy) is 1. The quantitative estimate of drug-likeness (QED) is 0.783. The van der Waals surface area contributed by atoms with E-state index in [1.54, 1.807) is 6.92 Å². The van der Waals surface area contributed by atoms with Crippen molar-refractivity contribution in [1.82, 2.24) is 4.98 Å². The molecular formula is C11H12F6N2O. The van der Waals surface area contributed by atoms with Gasteiger partial charge in [-0.2, -0.15) is 13.8 Å². The highest BCUT2D eigenvalue weighted by atomic mass is 19.3. The van der Waals surface area contributed by atoms with Crippen molar-refractivity contribution in [2.24, 2.45) is 0 Å². The van der Waals surface area contributed by atoms with Crippen LogP contribution in [0.1, 0.15) is 13.3 Å². The number of nitrogens with zero attached hydrogens (tertiary/aromatic N) is 1. The van der Waals surface area contributed by atoms with E-state index in [9.17, 15) is 26.3 Å². The van der Waals surface area contributed by atoms with Gasteiger partial charge >= 0.3 is 12.3 Å². The van der Waals surface area contributed by atoms with Gasteiger partial charge < -0.3 is 10.1 Å². The van der Waals surface area contributed by atoms with Crippen LogP contribution >= 0.6 is 0 Å². The third kappa shape index (κ3) is 4.17. The summed E-state index contributed by atoms with van der Waals surface area (Å²) in [5.74, 6) is -8.20. The minimum absolute atomic E-state index is 0.308. The Morgan fingerprint density at radius 2 is 1.95 bits per heavy atom. The zero-order chi connectivity index (χ0) is 15.3. The van der Waals surface area contributed by atoms with Crippen LogP contribution in [0.2, 0.25) is 0 Å². The highest BCUT2D eigenvalue weighted by Gasteiger charge is 2.42. The highest BCUT2D eigenvalue weighted by Crippen LogP contribution is 2.26. The van der Waals surface area contributed by atoms with E-state index in [-0.39, 0.29) is 0 Å². The molecule has 0 aliphatic heterocycles. The van der Waals surface area contributed by atoms with E-state index >= 15 is 0 Å². The third-order valence-electron chi connectivity index (χ3n) is 2.16. The zero-order valence-corrected chi connectivity index (χ0v) is 10.4. The molecule has 114 valence electrons. The van der Waals surface area contributed by atoms with E-state index in [1.165, 1.54) is 0 Å². The Balaban J connectivity index is 2.84. The maximum Gasteiger partial charge on any atom is 0.340 e. The fourth-order valence-electron chi connectivity index (χ4n) is 1.15. The van der Waals surface area contributed by atoms with Crippen molar-refractivity contribution in [1.29, 1.82) is 0 Å². The topological polar surface area (TPSA) is 34.2 Å². The minimum Gasteiger partial charge on any atom is -0.469 e. The van der Waals surface area contributed by atoms with Gasteiger partial charge in [0, 0.05) is 12.6 Å². The molecule has 1 N–H and O–H groups in total. The van der Waals surface area contributed by atoms with Crippen LogP contribution in [0.25, 0.3) is 0 Å². The molecule has 1 aromatic rings. The summed E-state index contributed by atoms with van der Waals surface area (Å²) in [6, 6.07) is 0.376. The van der Waals surface area contributed by atoms with Crippen LogP contribution < -0.4 is 10.1 Å². The van der Waals surface area contributed by atoms with Crippen LogP contribution in [-0.4, -0.2) is 30.5 Å². The Kier molecular flexibility index (Phi) is 5.46. The van der Waals surface area contributed by atoms with Gasteiger partial charge in [-0.3, -0.25) is 0 Å². The molecule has 1 rings (SSSR count). The van der Waals surface area contributed by atoms with Crippen molar-refractivity contribution < 1.29 is 31.1 Å². The summed E-state index contributed by atoms with van der Waals surface area (Å²) in [6.07, 6.45) is -3.35. The summed E-state index contributed by atoms with van der Waals surface area (Å²) in [7, 11) is 0. The number of halogens is 6. The summed E-state index contributed by atoms with van der Waals surface area (Å²) in [5, 5.41) is 2.48. The van der Waals surface area contributed by atoms with E-state index in [2.05, 4.69) is 15.0 Å². The fraction of sp³-hybridized carbons (Fsp3) is 0.545. The van der Waals surface area contributed by atoms with E-state index < -0.39 is 42.3 Å². The van der Waals surface area contributed by atoms with Crippen molar-refractivity contribution in [3.63, 3.8) is 0 Å². The lowest BCUT2D eigenvalue weighted by Crippen LogP contribution is -2.34. The predicted molar refractivity (Wildman–Crippen MR) is 59.4 cm³/mol. The first kappa shape index (κ1) is 16.4. The summed E-state index contributed by atoms with van der Waals surface area (Å²) in [4.78, 5) is 3.31. The van der Waals surface area contributed by atoms with Gasteiger partial charge in [-0.1, -0.05) is 6.92 Å². The lowest BCUT2D eigenvalue weighted by atomic mass is 10.3. The molecule has 1 heterocycles. The van der Waals surface area contributed by atoms with Gasteiger partial charge in [0.2, 0.25) is 0 Å². The molecule has 0 unspecified atom stereocenters. The lowest BCUT2D eigenvalue weighted by Gasteiger charge is -2.16. The van der Waals surface area contributed by atoms with Crippen molar-refractivity contribution in [3.8, 4) is 5.88 Å². The van der Waals surface area contributed by atoms with Crippen molar-refractivity contribution in [2.45, 2.75) is 25.7 Å². The van der Waals surface area contributed by atoms with Crippen LogP contribution in [0.15, 0.2) is 6.07 Å². The number of hydrogen-bond donors (Lipinski definition) is 1. The second-order valence-electron chi connectivity index (χ2n) is 3.88. The monoisotopic (exact) mass is 302 g/mol. The number of nitrogens with one attached hydrogen (secondary N) is 1. The molecule has 0 bridgehead atoms. The van der Waals surface area contributed by atoms with Crippen LogP contribution in [0.3, 0.4) is 0 Å². The molecule has 0 aliphatic rings. The number of pyridine rings is 1. The number of rotatable bonds is 7. The van der Waals surface area contributed by atoms with Gasteiger partial charge in [-0.15, -0.1) is 0 Å². The SMILES string of the molecule is CCCNc1nc(OCC(F)(F)C(F)F)c(F)cc1F. The third-order valence-corrected chi connectivity index (χ3v) is 2.16. The average molecular weight is 302 g/mol. The normalized spacial score (nSPS) is 11.8. The first-order valence-corrected chi connectivity index (χ1v) is 5.66. The van der Waals surface area contributed by atoms with E-state index in [4.69, 9.17) is 0 Å². The van der Waals surface area contributed by atoms with Crippen molar-refractivity contribution >= 4 is 5.82 Å². The Bertz CT molecular complexity index is 455. The number of aromatic nitrogens is 1. The molecule has 0 fully saturated rings. The first-order valence-electron chi connectivity index (χ1n) is 5.66. The van der Waals surface area contributed by atoms with Gasteiger partial charge in [0.1, 0.15) is 0 Å². The first-order chi connectivity index (χ1) is 9.27. The molecule has 0 aromatic carbocycles. The number of alkyl halides is 4. The second kappa shape index (κ2) is 6.67. The molecule has 0 amide bonds. The van der Waals surface area contributed by atoms with Crippen LogP contribution in [0.5, 0.6) is 5.88 Å². The summed E-state index contributed by atoms with van der Waals surface area (Å²) in [5.41, 5.74) is 0. The number of hydrogen-bond acceptors (Lipinski definition) is 3. The molecule has 0 saturated carbocycles.